The Morgan fingerprint density at radius 1 is 1.14 bits per heavy atom. The number of aromatic nitrogens is 2. The number of hydrogen-bond donors (Lipinski definition) is 2. The van der Waals surface area contributed by atoms with Crippen LogP contribution in [0, 0.1) is 17.7 Å². The smallest absolute Gasteiger partial charge is 0.255 e. The maximum atomic E-state index is 13.9. The summed E-state index contributed by atoms with van der Waals surface area (Å²) in [4.78, 5) is 23.0. The molecule has 1 aromatic heterocycles. The second kappa shape index (κ2) is 6.87. The Balaban J connectivity index is 1.56. The number of nitrogens with one attached hydrogen (secondary N) is 2. The molecule has 2 N–H and O–H groups in total. The molecule has 2 saturated heterocycles. The van der Waals surface area contributed by atoms with Crippen LogP contribution in [0.5, 0.6) is 0 Å². The zero-order valence-electron chi connectivity index (χ0n) is 15.3. The lowest BCUT2D eigenvalue weighted by Crippen LogP contribution is -2.35. The average Bonchev–Trinajstić information content (AvgIpc) is 3.44. The third-order valence-corrected chi connectivity index (χ3v) is 5.93. The first-order valence-corrected chi connectivity index (χ1v) is 9.58. The van der Waals surface area contributed by atoms with Gasteiger partial charge in [-0.15, -0.1) is 0 Å². The number of halogens is 1. The molecule has 28 heavy (non-hydrogen) atoms. The maximum absolute atomic E-state index is 13.9. The van der Waals surface area contributed by atoms with Gasteiger partial charge in [-0.3, -0.25) is 4.79 Å². The van der Waals surface area contributed by atoms with E-state index in [4.69, 9.17) is 0 Å². The number of aromatic amines is 1. The van der Waals surface area contributed by atoms with Crippen LogP contribution < -0.4 is 5.32 Å². The highest BCUT2D eigenvalue weighted by molar-refractivity contribution is 6.00. The highest BCUT2D eigenvalue weighted by atomic mass is 19.1. The number of amides is 1. The van der Waals surface area contributed by atoms with Crippen LogP contribution in [0.4, 0.5) is 4.39 Å². The van der Waals surface area contributed by atoms with E-state index in [2.05, 4.69) is 15.3 Å². The van der Waals surface area contributed by atoms with Crippen molar-refractivity contribution < 1.29 is 9.18 Å². The van der Waals surface area contributed by atoms with E-state index in [1.165, 1.54) is 6.07 Å². The number of H-pyrrole nitrogens is 1. The van der Waals surface area contributed by atoms with Gasteiger partial charge < -0.3 is 15.2 Å². The minimum atomic E-state index is -0.268. The van der Waals surface area contributed by atoms with Crippen LogP contribution in [-0.4, -0.2) is 40.4 Å². The largest absolute Gasteiger partial charge is 0.345 e. The normalized spacial score (nSPS) is 23.8. The Labute approximate surface area is 162 Å². The summed E-state index contributed by atoms with van der Waals surface area (Å²) in [6, 6.07) is 14.0. The minimum Gasteiger partial charge on any atom is -0.345 e. The number of carbonyl (C=O) groups is 1. The van der Waals surface area contributed by atoms with Gasteiger partial charge in [0.05, 0.1) is 11.6 Å². The van der Waals surface area contributed by atoms with Crippen molar-refractivity contribution in [2.45, 2.75) is 6.04 Å². The second-order valence-corrected chi connectivity index (χ2v) is 7.52. The van der Waals surface area contributed by atoms with Crippen LogP contribution in [0.2, 0.25) is 0 Å². The van der Waals surface area contributed by atoms with Crippen molar-refractivity contribution in [3.05, 3.63) is 77.9 Å². The Morgan fingerprint density at radius 2 is 2.04 bits per heavy atom. The van der Waals surface area contributed by atoms with Crippen molar-refractivity contribution in [2.75, 3.05) is 19.6 Å². The number of likely N-dealkylation sites (tertiary alicyclic amines) is 1. The highest BCUT2D eigenvalue weighted by Crippen LogP contribution is 2.43. The maximum Gasteiger partial charge on any atom is 0.255 e. The first kappa shape index (κ1) is 17.1. The second-order valence-electron chi connectivity index (χ2n) is 7.52. The fourth-order valence-electron chi connectivity index (χ4n) is 4.69. The molecular formula is C22H21FN4O. The molecule has 0 bridgehead atoms. The molecule has 5 rings (SSSR count). The van der Waals surface area contributed by atoms with Crippen molar-refractivity contribution in [1.82, 2.24) is 20.2 Å². The van der Waals surface area contributed by atoms with Gasteiger partial charge in [0.15, 0.2) is 0 Å². The molecule has 2 aromatic carbocycles. The predicted octanol–water partition coefficient (Wildman–Crippen LogP) is 3.25. The van der Waals surface area contributed by atoms with Gasteiger partial charge >= 0.3 is 0 Å². The number of rotatable bonds is 3. The third kappa shape index (κ3) is 2.81. The summed E-state index contributed by atoms with van der Waals surface area (Å²) in [5.41, 5.74) is 2.26. The van der Waals surface area contributed by atoms with Crippen LogP contribution in [0.25, 0.3) is 11.4 Å². The van der Waals surface area contributed by atoms with Crippen molar-refractivity contribution >= 4 is 5.91 Å². The molecule has 0 spiro atoms. The molecule has 0 saturated carbocycles. The van der Waals surface area contributed by atoms with Crippen LogP contribution in [-0.2, 0) is 0 Å². The number of hydrogen-bond acceptors (Lipinski definition) is 3. The zero-order chi connectivity index (χ0) is 19.1. The quantitative estimate of drug-likeness (QED) is 0.738. The van der Waals surface area contributed by atoms with Crippen LogP contribution in [0.3, 0.4) is 0 Å². The molecule has 0 unspecified atom stereocenters. The molecule has 6 heteroatoms. The van der Waals surface area contributed by atoms with Gasteiger partial charge in [-0.2, -0.15) is 0 Å². The molecule has 2 fully saturated rings. The molecule has 1 amide bonds. The summed E-state index contributed by atoms with van der Waals surface area (Å²) >= 11 is 0. The Morgan fingerprint density at radius 3 is 2.86 bits per heavy atom. The summed E-state index contributed by atoms with van der Waals surface area (Å²) in [5.74, 6) is 1.05. The van der Waals surface area contributed by atoms with E-state index in [1.807, 2.05) is 35.2 Å². The first-order chi connectivity index (χ1) is 13.7. The SMILES string of the molecule is O=C(c1ccccc1-c1ncc[nH]1)N1C[C@@H]2CNC[C@@H]2[C@H]1c1cccc(F)c1. The van der Waals surface area contributed by atoms with E-state index >= 15 is 0 Å². The lowest BCUT2D eigenvalue weighted by molar-refractivity contribution is 0.0714. The zero-order valence-corrected chi connectivity index (χ0v) is 15.3. The van der Waals surface area contributed by atoms with E-state index < -0.39 is 0 Å². The van der Waals surface area contributed by atoms with E-state index in [0.29, 0.717) is 29.8 Å². The summed E-state index contributed by atoms with van der Waals surface area (Å²) in [7, 11) is 0. The molecule has 142 valence electrons. The number of nitrogens with zero attached hydrogens (tertiary/aromatic N) is 2. The molecule has 3 heterocycles. The molecule has 0 radical (unpaired) electrons. The highest BCUT2D eigenvalue weighted by Gasteiger charge is 2.47. The summed E-state index contributed by atoms with van der Waals surface area (Å²) in [6.45, 7) is 2.40. The van der Waals surface area contributed by atoms with E-state index in [0.717, 1.165) is 24.2 Å². The Kier molecular flexibility index (Phi) is 4.20. The first-order valence-electron chi connectivity index (χ1n) is 9.58. The fraction of sp³-hybridized carbons (Fsp3) is 0.273. The molecular weight excluding hydrogens is 355 g/mol. The number of benzene rings is 2. The Bertz CT molecular complexity index is 1000. The van der Waals surface area contributed by atoms with Crippen molar-refractivity contribution in [2.24, 2.45) is 11.8 Å². The lowest BCUT2D eigenvalue weighted by atomic mass is 9.89. The Hall–Kier alpha value is -2.99. The van der Waals surface area contributed by atoms with E-state index in [-0.39, 0.29) is 17.8 Å². The number of imidazole rings is 1. The monoisotopic (exact) mass is 376 g/mol. The summed E-state index contributed by atoms with van der Waals surface area (Å²) in [5, 5.41) is 3.42. The van der Waals surface area contributed by atoms with Gasteiger partial charge in [0, 0.05) is 43.5 Å². The van der Waals surface area contributed by atoms with Crippen molar-refractivity contribution in [3.8, 4) is 11.4 Å². The van der Waals surface area contributed by atoms with Gasteiger partial charge in [0.25, 0.3) is 5.91 Å². The molecule has 3 aromatic rings. The fourth-order valence-corrected chi connectivity index (χ4v) is 4.69. The van der Waals surface area contributed by atoms with Crippen LogP contribution in [0.15, 0.2) is 60.9 Å². The standard InChI is InChI=1S/C22H21FN4O/c23-16-5-3-4-14(10-16)20-19-12-24-11-15(19)13-27(20)22(28)18-7-2-1-6-17(18)21-25-8-9-26-21/h1-10,15,19-20,24H,11-13H2,(H,25,26)/t15-,19-,20+/m0/s1. The van der Waals surface area contributed by atoms with Crippen LogP contribution >= 0.6 is 0 Å². The van der Waals surface area contributed by atoms with Crippen molar-refractivity contribution in [3.63, 3.8) is 0 Å². The van der Waals surface area contributed by atoms with E-state index in [9.17, 15) is 9.18 Å². The lowest BCUT2D eigenvalue weighted by Gasteiger charge is -2.29. The summed E-state index contributed by atoms with van der Waals surface area (Å²) in [6.07, 6.45) is 3.43. The number of carbonyl (C=O) groups excluding carboxylic acids is 1. The molecule has 2 aliphatic heterocycles. The number of fused-ring (bicyclic) bond motifs is 1. The predicted molar refractivity (Wildman–Crippen MR) is 104 cm³/mol. The topological polar surface area (TPSA) is 61.0 Å². The molecule has 2 aliphatic rings. The van der Waals surface area contributed by atoms with Crippen molar-refractivity contribution in [1.29, 1.82) is 0 Å². The third-order valence-electron chi connectivity index (χ3n) is 5.93. The minimum absolute atomic E-state index is 0.0318. The van der Waals surface area contributed by atoms with Gasteiger partial charge in [0.1, 0.15) is 11.6 Å². The van der Waals surface area contributed by atoms with Gasteiger partial charge in [0.2, 0.25) is 0 Å². The van der Waals surface area contributed by atoms with Gasteiger partial charge in [-0.05, 0) is 29.7 Å². The molecule has 5 nitrogen and oxygen atoms in total. The molecule has 3 atom stereocenters. The van der Waals surface area contributed by atoms with Gasteiger partial charge in [-0.25, -0.2) is 9.37 Å². The average molecular weight is 376 g/mol. The molecule has 0 aliphatic carbocycles. The van der Waals surface area contributed by atoms with Crippen LogP contribution in [0.1, 0.15) is 22.0 Å². The van der Waals surface area contributed by atoms with Gasteiger partial charge in [-0.1, -0.05) is 30.3 Å². The van der Waals surface area contributed by atoms with E-state index in [1.54, 1.807) is 24.5 Å². The summed E-state index contributed by atoms with van der Waals surface area (Å²) < 4.78 is 13.9.